The Kier molecular flexibility index (Phi) is 5.70. The summed E-state index contributed by atoms with van der Waals surface area (Å²) in [5.41, 5.74) is 0.668. The van der Waals surface area contributed by atoms with Crippen molar-refractivity contribution < 1.29 is 22.3 Å². The Morgan fingerprint density at radius 3 is 2.38 bits per heavy atom. The van der Waals surface area contributed by atoms with E-state index in [9.17, 15) is 22.3 Å². The molecule has 2 atom stereocenters. The third-order valence-corrected chi connectivity index (χ3v) is 6.16. The molecule has 0 radical (unpaired) electrons. The van der Waals surface area contributed by atoms with Gasteiger partial charge < -0.3 is 5.11 Å². The van der Waals surface area contributed by atoms with E-state index in [1.807, 2.05) is 0 Å². The fraction of sp³-hybridized carbons (Fsp3) is 0.368. The third-order valence-electron chi connectivity index (χ3n) is 4.63. The van der Waals surface area contributed by atoms with Gasteiger partial charge >= 0.3 is 0 Å². The molecule has 0 aliphatic heterocycles. The predicted molar refractivity (Wildman–Crippen MR) is 95.0 cm³/mol. The Hall–Kier alpha value is -1.83. The van der Waals surface area contributed by atoms with Gasteiger partial charge in [-0.05, 0) is 49.1 Å². The Morgan fingerprint density at radius 1 is 1.00 bits per heavy atom. The molecule has 1 unspecified atom stereocenters. The second-order valence-corrected chi connectivity index (χ2v) is 8.35. The predicted octanol–water partition coefficient (Wildman–Crippen LogP) is 3.60. The van der Waals surface area contributed by atoms with Crippen LogP contribution in [0, 0.1) is 11.6 Å². The van der Waals surface area contributed by atoms with E-state index in [1.165, 1.54) is 30.3 Å². The smallest absolute Gasteiger partial charge is 0.240 e. The van der Waals surface area contributed by atoms with E-state index in [0.29, 0.717) is 24.8 Å². The van der Waals surface area contributed by atoms with Crippen LogP contribution >= 0.6 is 0 Å². The first-order valence-electron chi connectivity index (χ1n) is 8.61. The SMILES string of the molecule is O=S(=O)(NC1CCCC[C@@H](O)C1)c1ccc(-c2ccc(F)cc2F)cc1. The molecule has 0 heterocycles. The Balaban J connectivity index is 1.78. The lowest BCUT2D eigenvalue weighted by molar-refractivity contribution is 0.150. The largest absolute Gasteiger partial charge is 0.393 e. The summed E-state index contributed by atoms with van der Waals surface area (Å²) in [6, 6.07) is 8.74. The standard InChI is InChI=1S/C19H21F2NO3S/c20-14-7-10-18(19(21)11-14)13-5-8-17(9-6-13)26(24,25)22-15-3-1-2-4-16(23)12-15/h5-11,15-16,22-23H,1-4,12H2/t15?,16-/m1/s1. The van der Waals surface area contributed by atoms with Crippen molar-refractivity contribution in [3.05, 3.63) is 54.1 Å². The molecule has 2 aromatic rings. The molecule has 7 heteroatoms. The summed E-state index contributed by atoms with van der Waals surface area (Å²) in [7, 11) is -3.73. The summed E-state index contributed by atoms with van der Waals surface area (Å²) >= 11 is 0. The highest BCUT2D eigenvalue weighted by atomic mass is 32.2. The minimum Gasteiger partial charge on any atom is -0.393 e. The molecular weight excluding hydrogens is 360 g/mol. The van der Waals surface area contributed by atoms with Crippen LogP contribution in [0.5, 0.6) is 0 Å². The van der Waals surface area contributed by atoms with Gasteiger partial charge in [-0.3, -0.25) is 0 Å². The Labute approximate surface area is 151 Å². The second kappa shape index (κ2) is 7.82. The first-order valence-corrected chi connectivity index (χ1v) is 10.1. The van der Waals surface area contributed by atoms with Crippen molar-refractivity contribution in [2.24, 2.45) is 0 Å². The number of rotatable bonds is 4. The zero-order chi connectivity index (χ0) is 18.7. The molecule has 2 aromatic carbocycles. The van der Waals surface area contributed by atoms with E-state index >= 15 is 0 Å². The zero-order valence-corrected chi connectivity index (χ0v) is 15.0. The highest BCUT2D eigenvalue weighted by Gasteiger charge is 2.24. The van der Waals surface area contributed by atoms with Crippen LogP contribution in [0.4, 0.5) is 8.78 Å². The first kappa shape index (κ1) is 18.9. The molecule has 4 nitrogen and oxygen atoms in total. The van der Waals surface area contributed by atoms with Gasteiger partial charge in [-0.25, -0.2) is 21.9 Å². The van der Waals surface area contributed by atoms with E-state index in [0.717, 1.165) is 25.0 Å². The van der Waals surface area contributed by atoms with Crippen LogP contribution in [0.2, 0.25) is 0 Å². The fourth-order valence-corrected chi connectivity index (χ4v) is 4.55. The van der Waals surface area contributed by atoms with Gasteiger partial charge in [0.05, 0.1) is 11.0 Å². The van der Waals surface area contributed by atoms with Gasteiger partial charge in [0, 0.05) is 17.7 Å². The lowest BCUT2D eigenvalue weighted by Crippen LogP contribution is -2.36. The molecular formula is C19H21F2NO3S. The van der Waals surface area contributed by atoms with Gasteiger partial charge in [0.2, 0.25) is 10.0 Å². The molecule has 26 heavy (non-hydrogen) atoms. The average molecular weight is 381 g/mol. The van der Waals surface area contributed by atoms with E-state index in [2.05, 4.69) is 4.72 Å². The molecule has 0 aromatic heterocycles. The lowest BCUT2D eigenvalue weighted by atomic mass is 10.1. The van der Waals surface area contributed by atoms with Crippen LogP contribution in [0.3, 0.4) is 0 Å². The van der Waals surface area contributed by atoms with Gasteiger partial charge in [0.1, 0.15) is 11.6 Å². The maximum absolute atomic E-state index is 13.9. The molecule has 1 saturated carbocycles. The minimum absolute atomic E-state index is 0.0718. The van der Waals surface area contributed by atoms with Gasteiger partial charge in [-0.1, -0.05) is 25.0 Å². The normalized spacial score (nSPS) is 21.3. The number of sulfonamides is 1. The molecule has 1 aliphatic rings. The highest BCUT2D eigenvalue weighted by Crippen LogP contribution is 2.25. The van der Waals surface area contributed by atoms with Crippen molar-refractivity contribution in [2.45, 2.75) is 49.1 Å². The Morgan fingerprint density at radius 2 is 1.69 bits per heavy atom. The molecule has 0 spiro atoms. The molecule has 3 rings (SSSR count). The number of aliphatic hydroxyl groups excluding tert-OH is 1. The van der Waals surface area contributed by atoms with Crippen molar-refractivity contribution in [3.63, 3.8) is 0 Å². The molecule has 0 amide bonds. The van der Waals surface area contributed by atoms with Crippen molar-refractivity contribution in [2.75, 3.05) is 0 Å². The number of halogens is 2. The van der Waals surface area contributed by atoms with Gasteiger partial charge in [0.15, 0.2) is 0 Å². The van der Waals surface area contributed by atoms with Crippen LogP contribution in [0.15, 0.2) is 47.4 Å². The van der Waals surface area contributed by atoms with Crippen molar-refractivity contribution >= 4 is 10.0 Å². The fourth-order valence-electron chi connectivity index (χ4n) is 3.27. The first-order chi connectivity index (χ1) is 12.3. The second-order valence-electron chi connectivity index (χ2n) is 6.64. The summed E-state index contributed by atoms with van der Waals surface area (Å²) in [6.45, 7) is 0. The summed E-state index contributed by atoms with van der Waals surface area (Å²) in [6.07, 6.45) is 3.04. The van der Waals surface area contributed by atoms with Crippen LogP contribution in [0.1, 0.15) is 32.1 Å². The average Bonchev–Trinajstić information content (AvgIpc) is 2.78. The lowest BCUT2D eigenvalue weighted by Gasteiger charge is -2.18. The molecule has 2 N–H and O–H groups in total. The quantitative estimate of drug-likeness (QED) is 0.796. The number of hydrogen-bond donors (Lipinski definition) is 2. The van der Waals surface area contributed by atoms with E-state index in [4.69, 9.17) is 0 Å². The van der Waals surface area contributed by atoms with E-state index in [1.54, 1.807) is 0 Å². The number of nitrogens with one attached hydrogen (secondary N) is 1. The summed E-state index contributed by atoms with van der Waals surface area (Å²) < 4.78 is 54.7. The molecule has 1 fully saturated rings. The molecule has 1 aliphatic carbocycles. The van der Waals surface area contributed by atoms with E-state index in [-0.39, 0.29) is 16.5 Å². The van der Waals surface area contributed by atoms with E-state index < -0.39 is 27.8 Å². The minimum atomic E-state index is -3.73. The van der Waals surface area contributed by atoms with Crippen molar-refractivity contribution in [1.29, 1.82) is 0 Å². The van der Waals surface area contributed by atoms with Crippen molar-refractivity contribution in [1.82, 2.24) is 4.72 Å². The summed E-state index contributed by atoms with van der Waals surface area (Å²) in [5.74, 6) is -1.37. The zero-order valence-electron chi connectivity index (χ0n) is 14.2. The number of benzene rings is 2. The summed E-state index contributed by atoms with van der Waals surface area (Å²) in [4.78, 5) is 0.0718. The van der Waals surface area contributed by atoms with Crippen LogP contribution < -0.4 is 4.72 Å². The molecule has 140 valence electrons. The van der Waals surface area contributed by atoms with Gasteiger partial charge in [-0.2, -0.15) is 0 Å². The maximum Gasteiger partial charge on any atom is 0.240 e. The van der Waals surface area contributed by atoms with Crippen LogP contribution in [-0.2, 0) is 10.0 Å². The van der Waals surface area contributed by atoms with Crippen LogP contribution in [-0.4, -0.2) is 25.7 Å². The monoisotopic (exact) mass is 381 g/mol. The van der Waals surface area contributed by atoms with Crippen LogP contribution in [0.25, 0.3) is 11.1 Å². The van der Waals surface area contributed by atoms with Crippen molar-refractivity contribution in [3.8, 4) is 11.1 Å². The maximum atomic E-state index is 13.9. The molecule has 0 saturated heterocycles. The topological polar surface area (TPSA) is 66.4 Å². The van der Waals surface area contributed by atoms with Gasteiger partial charge in [0.25, 0.3) is 0 Å². The van der Waals surface area contributed by atoms with Gasteiger partial charge in [-0.15, -0.1) is 0 Å². The number of hydrogen-bond acceptors (Lipinski definition) is 3. The highest BCUT2D eigenvalue weighted by molar-refractivity contribution is 7.89. The summed E-state index contributed by atoms with van der Waals surface area (Å²) in [5, 5.41) is 9.84. The molecule has 0 bridgehead atoms. The Bertz CT molecular complexity index is 869. The number of aliphatic hydroxyl groups is 1. The third kappa shape index (κ3) is 4.47.